The molecule has 2 aromatic carbocycles. The molecule has 0 aliphatic heterocycles. The third-order valence-electron chi connectivity index (χ3n) is 3.91. The van der Waals surface area contributed by atoms with Gasteiger partial charge in [0.05, 0.1) is 18.4 Å². The second-order valence-electron chi connectivity index (χ2n) is 5.71. The highest BCUT2D eigenvalue weighted by Gasteiger charge is 2.38. The molecule has 148 valence electrons. The first kappa shape index (κ1) is 19.8. The summed E-state index contributed by atoms with van der Waals surface area (Å²) in [5.41, 5.74) is -2.65. The van der Waals surface area contributed by atoms with Crippen molar-refractivity contribution in [1.29, 1.82) is 0 Å². The fourth-order valence-corrected chi connectivity index (χ4v) is 3.45. The number of nitrogens with two attached hydrogens (primary N) is 1. The number of ether oxygens (including phenoxy) is 1. The van der Waals surface area contributed by atoms with Crippen LogP contribution in [-0.4, -0.2) is 25.3 Å². The van der Waals surface area contributed by atoms with Crippen LogP contribution in [0.1, 0.15) is 5.56 Å². The zero-order valence-corrected chi connectivity index (χ0v) is 15.1. The summed E-state index contributed by atoms with van der Waals surface area (Å²) in [6.07, 6.45) is -2.63. The predicted octanol–water partition coefficient (Wildman–Crippen LogP) is 3.35. The lowest BCUT2D eigenvalue weighted by atomic mass is 10.0. The fourth-order valence-electron chi connectivity index (χ4n) is 2.69. The molecule has 0 amide bonds. The molecule has 3 aromatic rings. The van der Waals surface area contributed by atoms with Gasteiger partial charge < -0.3 is 4.74 Å². The lowest BCUT2D eigenvalue weighted by Gasteiger charge is -2.18. The Balaban J connectivity index is 2.40. The van der Waals surface area contributed by atoms with Crippen LogP contribution in [0.4, 0.5) is 17.6 Å². The van der Waals surface area contributed by atoms with E-state index in [1.807, 2.05) is 0 Å². The molecule has 6 nitrogen and oxygen atoms in total. The largest absolute Gasteiger partial charge is 0.497 e. The lowest BCUT2D eigenvalue weighted by molar-refractivity contribution is -0.137. The molecule has 0 unspecified atom stereocenters. The minimum Gasteiger partial charge on any atom is -0.497 e. The van der Waals surface area contributed by atoms with Crippen LogP contribution >= 0.6 is 0 Å². The zero-order valence-electron chi connectivity index (χ0n) is 14.2. The van der Waals surface area contributed by atoms with Gasteiger partial charge in [0.15, 0.2) is 0 Å². The Morgan fingerprint density at radius 2 is 1.89 bits per heavy atom. The highest BCUT2D eigenvalue weighted by atomic mass is 32.2. The van der Waals surface area contributed by atoms with Crippen LogP contribution in [0.15, 0.2) is 53.7 Å². The molecule has 0 fully saturated rings. The number of aromatic nitrogens is 2. The molecular formula is C17H13F4N3O3S. The van der Waals surface area contributed by atoms with Gasteiger partial charge in [-0.3, -0.25) is 0 Å². The Bertz CT molecular complexity index is 1130. The molecule has 0 saturated carbocycles. The van der Waals surface area contributed by atoms with E-state index in [1.54, 1.807) is 0 Å². The Labute approximate surface area is 157 Å². The van der Waals surface area contributed by atoms with Crippen LogP contribution < -0.4 is 9.88 Å². The maximum atomic E-state index is 14.4. The van der Waals surface area contributed by atoms with E-state index >= 15 is 0 Å². The fraction of sp³-hybridized carbons (Fsp3) is 0.118. The highest BCUT2D eigenvalue weighted by molar-refractivity contribution is 7.89. The van der Waals surface area contributed by atoms with Gasteiger partial charge in [0.1, 0.15) is 16.5 Å². The topological polar surface area (TPSA) is 87.2 Å². The van der Waals surface area contributed by atoms with Gasteiger partial charge in [-0.25, -0.2) is 22.6 Å². The number of hydrogen-bond donors (Lipinski definition) is 1. The number of hydrogen-bond acceptors (Lipinski definition) is 4. The van der Waals surface area contributed by atoms with Crippen LogP contribution in [0.5, 0.6) is 5.75 Å². The first-order valence-electron chi connectivity index (χ1n) is 7.64. The number of methoxy groups -OCH3 is 1. The second-order valence-corrected chi connectivity index (χ2v) is 7.24. The van der Waals surface area contributed by atoms with E-state index < -0.39 is 38.2 Å². The zero-order chi connectivity index (χ0) is 20.7. The monoisotopic (exact) mass is 415 g/mol. The predicted molar refractivity (Wildman–Crippen MR) is 91.9 cm³/mol. The average Bonchev–Trinajstić information content (AvgIpc) is 3.13. The molecule has 0 spiro atoms. The molecule has 1 heterocycles. The molecular weight excluding hydrogens is 402 g/mol. The molecule has 0 saturated heterocycles. The van der Waals surface area contributed by atoms with Crippen LogP contribution in [-0.2, 0) is 16.2 Å². The van der Waals surface area contributed by atoms with Crippen molar-refractivity contribution in [3.05, 3.63) is 60.2 Å². The molecule has 28 heavy (non-hydrogen) atoms. The van der Waals surface area contributed by atoms with Crippen molar-refractivity contribution in [3.63, 3.8) is 0 Å². The van der Waals surface area contributed by atoms with Crippen molar-refractivity contribution < 1.29 is 30.7 Å². The summed E-state index contributed by atoms with van der Waals surface area (Å²) >= 11 is 0. The third kappa shape index (κ3) is 3.71. The van der Waals surface area contributed by atoms with E-state index in [9.17, 15) is 26.0 Å². The molecule has 3 rings (SSSR count). The van der Waals surface area contributed by atoms with Crippen LogP contribution in [0.25, 0.3) is 16.8 Å². The Hall–Kier alpha value is -2.92. The van der Waals surface area contributed by atoms with Crippen molar-refractivity contribution in [2.24, 2.45) is 5.14 Å². The summed E-state index contributed by atoms with van der Waals surface area (Å²) < 4.78 is 85.3. The molecule has 11 heteroatoms. The van der Waals surface area contributed by atoms with E-state index in [4.69, 9.17) is 9.88 Å². The summed E-state index contributed by atoms with van der Waals surface area (Å²) in [6.45, 7) is 0. The molecule has 0 radical (unpaired) electrons. The van der Waals surface area contributed by atoms with E-state index in [0.717, 1.165) is 23.0 Å². The van der Waals surface area contributed by atoms with Gasteiger partial charge in [-0.05, 0) is 35.9 Å². The third-order valence-corrected chi connectivity index (χ3v) is 4.83. The van der Waals surface area contributed by atoms with Gasteiger partial charge in [-0.15, -0.1) is 0 Å². The first-order valence-corrected chi connectivity index (χ1v) is 9.19. The van der Waals surface area contributed by atoms with Gasteiger partial charge >= 0.3 is 6.18 Å². The molecule has 0 aliphatic carbocycles. The molecule has 2 N–H and O–H groups in total. The van der Waals surface area contributed by atoms with E-state index in [-0.39, 0.29) is 16.9 Å². The van der Waals surface area contributed by atoms with E-state index in [0.29, 0.717) is 6.07 Å². The van der Waals surface area contributed by atoms with Crippen molar-refractivity contribution in [1.82, 2.24) is 9.78 Å². The lowest BCUT2D eigenvalue weighted by Crippen LogP contribution is -2.20. The summed E-state index contributed by atoms with van der Waals surface area (Å²) in [4.78, 5) is -0.837. The number of halogens is 4. The minimum absolute atomic E-state index is 0.150. The highest BCUT2D eigenvalue weighted by Crippen LogP contribution is 2.40. The summed E-state index contributed by atoms with van der Waals surface area (Å²) in [6, 6.07) is 6.35. The van der Waals surface area contributed by atoms with Gasteiger partial charge in [0.25, 0.3) is 0 Å². The normalized spacial score (nSPS) is 12.2. The molecule has 0 aliphatic rings. The maximum Gasteiger partial charge on any atom is 0.418 e. The Kier molecular flexibility index (Phi) is 4.90. The summed E-state index contributed by atoms with van der Waals surface area (Å²) in [5.74, 6) is -0.739. The van der Waals surface area contributed by atoms with Crippen molar-refractivity contribution in [2.45, 2.75) is 11.1 Å². The maximum absolute atomic E-state index is 14.4. The van der Waals surface area contributed by atoms with Crippen LogP contribution in [0.2, 0.25) is 0 Å². The van der Waals surface area contributed by atoms with Crippen molar-refractivity contribution in [2.75, 3.05) is 7.11 Å². The van der Waals surface area contributed by atoms with E-state index in [1.165, 1.54) is 31.5 Å². The van der Waals surface area contributed by atoms with Gasteiger partial charge in [-0.2, -0.15) is 18.3 Å². The van der Waals surface area contributed by atoms with E-state index in [2.05, 4.69) is 5.10 Å². The van der Waals surface area contributed by atoms with Crippen LogP contribution in [0.3, 0.4) is 0 Å². The van der Waals surface area contributed by atoms with Crippen LogP contribution in [0, 0.1) is 5.82 Å². The second kappa shape index (κ2) is 6.91. The summed E-state index contributed by atoms with van der Waals surface area (Å²) in [5, 5.41) is 8.84. The standard InChI is InChI=1S/C17H13F4N3O3S/c1-27-11-3-4-12(14(18)9-11)10-7-13(17(19,20)21)16(24-6-2-5-23-24)15(8-10)28(22,25)26/h2-9H,1H3,(H2,22,25,26). The molecule has 0 bridgehead atoms. The minimum atomic E-state index is -4.96. The van der Waals surface area contributed by atoms with Gasteiger partial charge in [0.2, 0.25) is 10.0 Å². The number of nitrogens with zero attached hydrogens (tertiary/aromatic N) is 2. The number of primary sulfonamides is 1. The number of rotatable bonds is 4. The number of benzene rings is 2. The van der Waals surface area contributed by atoms with Gasteiger partial charge in [-0.1, -0.05) is 0 Å². The number of sulfonamides is 1. The van der Waals surface area contributed by atoms with Crippen molar-refractivity contribution in [3.8, 4) is 22.6 Å². The molecule has 0 atom stereocenters. The quantitative estimate of drug-likeness (QED) is 0.662. The summed E-state index contributed by atoms with van der Waals surface area (Å²) in [7, 11) is -3.31. The van der Waals surface area contributed by atoms with Crippen molar-refractivity contribution >= 4 is 10.0 Å². The Morgan fingerprint density at radius 1 is 1.18 bits per heavy atom. The Morgan fingerprint density at radius 3 is 2.39 bits per heavy atom. The first-order chi connectivity index (χ1) is 13.0. The SMILES string of the molecule is COc1ccc(-c2cc(C(F)(F)F)c(-n3cccn3)c(S(N)(=O)=O)c2)c(F)c1. The van der Waals surface area contributed by atoms with Gasteiger partial charge in [0, 0.05) is 24.0 Å². The smallest absolute Gasteiger partial charge is 0.418 e. The molecule has 1 aromatic heterocycles. The number of alkyl halides is 3. The average molecular weight is 415 g/mol.